The molecule has 1 unspecified atom stereocenters. The molecule has 0 spiro atoms. The highest BCUT2D eigenvalue weighted by Crippen LogP contribution is 2.32. The zero-order valence-corrected chi connectivity index (χ0v) is 17.4. The minimum Gasteiger partial charge on any atom is -0.358 e. The molecule has 8 heteroatoms. The fourth-order valence-electron chi connectivity index (χ4n) is 3.09. The van der Waals surface area contributed by atoms with Crippen molar-refractivity contribution in [3.05, 3.63) is 81.6 Å². The number of amidine groups is 1. The maximum Gasteiger partial charge on any atom is 0.157 e. The maximum atomic E-state index is 6.49. The first kappa shape index (κ1) is 19.3. The van der Waals surface area contributed by atoms with E-state index in [-0.39, 0.29) is 6.04 Å². The normalized spacial score (nSPS) is 14.7. The Balaban J connectivity index is 1.54. The number of nitrogens with one attached hydrogen (secondary N) is 1. The predicted octanol–water partition coefficient (Wildman–Crippen LogP) is 4.61. The van der Waals surface area contributed by atoms with Gasteiger partial charge in [-0.1, -0.05) is 82.6 Å². The van der Waals surface area contributed by atoms with Gasteiger partial charge in [0.25, 0.3) is 0 Å². The van der Waals surface area contributed by atoms with Crippen LogP contribution in [0.25, 0.3) is 0 Å². The first-order valence-electron chi connectivity index (χ1n) is 8.99. The lowest BCUT2D eigenvalue weighted by Gasteiger charge is -2.20. The van der Waals surface area contributed by atoms with E-state index in [1.807, 2.05) is 41.2 Å². The standard InChI is InChI=1S/C20H19Cl2N5S/c21-17-8-4-7-16(19(17)22)18(24-20-23-9-10-28-20)11-15-13-27(26-25-15)12-14-5-2-1-3-6-14/h1-8,13,18H,9-12H2,(H,23,24). The lowest BCUT2D eigenvalue weighted by molar-refractivity contribution is 0.633. The number of halogens is 2. The van der Waals surface area contributed by atoms with Crippen molar-refractivity contribution in [1.29, 1.82) is 0 Å². The predicted molar refractivity (Wildman–Crippen MR) is 116 cm³/mol. The van der Waals surface area contributed by atoms with E-state index in [1.165, 1.54) is 5.56 Å². The number of thioether (sulfide) groups is 1. The molecule has 144 valence electrons. The van der Waals surface area contributed by atoms with Gasteiger partial charge in [0.15, 0.2) is 5.17 Å². The molecule has 0 saturated carbocycles. The van der Waals surface area contributed by atoms with Gasteiger partial charge in [0.2, 0.25) is 0 Å². The van der Waals surface area contributed by atoms with E-state index in [9.17, 15) is 0 Å². The van der Waals surface area contributed by atoms with Crippen LogP contribution in [0.2, 0.25) is 10.0 Å². The van der Waals surface area contributed by atoms with E-state index in [0.717, 1.165) is 28.7 Å². The molecular weight excluding hydrogens is 413 g/mol. The molecular formula is C20H19Cl2N5S. The second-order valence-corrected chi connectivity index (χ2v) is 8.34. The van der Waals surface area contributed by atoms with Crippen molar-refractivity contribution in [2.24, 2.45) is 4.99 Å². The van der Waals surface area contributed by atoms with E-state index in [1.54, 1.807) is 17.8 Å². The lowest BCUT2D eigenvalue weighted by atomic mass is 10.0. The number of benzene rings is 2. The highest BCUT2D eigenvalue weighted by Gasteiger charge is 2.21. The van der Waals surface area contributed by atoms with Gasteiger partial charge in [-0.3, -0.25) is 4.99 Å². The third kappa shape index (κ3) is 4.69. The van der Waals surface area contributed by atoms with E-state index in [0.29, 0.717) is 23.0 Å². The second-order valence-electron chi connectivity index (χ2n) is 6.47. The van der Waals surface area contributed by atoms with Crippen LogP contribution < -0.4 is 5.32 Å². The van der Waals surface area contributed by atoms with Crippen LogP contribution in [-0.2, 0) is 13.0 Å². The molecule has 0 amide bonds. The smallest absolute Gasteiger partial charge is 0.157 e. The fourth-order valence-corrected chi connectivity index (χ4v) is 4.31. The highest BCUT2D eigenvalue weighted by molar-refractivity contribution is 8.14. The molecule has 1 N–H and O–H groups in total. The average Bonchev–Trinajstić information content (AvgIpc) is 3.37. The highest BCUT2D eigenvalue weighted by atomic mass is 35.5. The van der Waals surface area contributed by atoms with Crippen molar-refractivity contribution in [2.45, 2.75) is 19.0 Å². The summed E-state index contributed by atoms with van der Waals surface area (Å²) in [5, 5.41) is 14.2. The Labute approximate surface area is 178 Å². The summed E-state index contributed by atoms with van der Waals surface area (Å²) in [6, 6.07) is 15.8. The van der Waals surface area contributed by atoms with Crippen molar-refractivity contribution in [3.8, 4) is 0 Å². The summed E-state index contributed by atoms with van der Waals surface area (Å²) in [5.41, 5.74) is 3.00. The number of hydrogen-bond acceptors (Lipinski definition) is 5. The van der Waals surface area contributed by atoms with Gasteiger partial charge in [-0.15, -0.1) is 5.10 Å². The van der Waals surface area contributed by atoms with Gasteiger partial charge in [0.1, 0.15) is 0 Å². The minimum absolute atomic E-state index is 0.0857. The SMILES string of the molecule is Clc1cccc(C(Cc2cn(Cc3ccccc3)nn2)NC2=NCCS2)c1Cl. The summed E-state index contributed by atoms with van der Waals surface area (Å²) < 4.78 is 1.85. The van der Waals surface area contributed by atoms with Crippen LogP contribution in [0.1, 0.15) is 22.9 Å². The molecule has 0 saturated heterocycles. The summed E-state index contributed by atoms with van der Waals surface area (Å²) >= 11 is 14.5. The molecule has 1 aliphatic heterocycles. The van der Waals surface area contributed by atoms with Gasteiger partial charge in [-0.05, 0) is 17.2 Å². The number of aliphatic imine (C=N–C) groups is 1. The molecule has 5 nitrogen and oxygen atoms in total. The molecule has 1 atom stereocenters. The van der Waals surface area contributed by atoms with E-state index < -0.39 is 0 Å². The van der Waals surface area contributed by atoms with Crippen molar-refractivity contribution in [1.82, 2.24) is 20.3 Å². The van der Waals surface area contributed by atoms with Crippen LogP contribution >= 0.6 is 35.0 Å². The molecule has 0 bridgehead atoms. The molecule has 3 aromatic rings. The Morgan fingerprint density at radius 1 is 1.11 bits per heavy atom. The molecule has 28 heavy (non-hydrogen) atoms. The van der Waals surface area contributed by atoms with Gasteiger partial charge in [0, 0.05) is 18.4 Å². The number of nitrogens with zero attached hydrogens (tertiary/aromatic N) is 4. The summed E-state index contributed by atoms with van der Waals surface area (Å²) in [4.78, 5) is 4.51. The van der Waals surface area contributed by atoms with Gasteiger partial charge in [0.05, 0.1) is 34.9 Å². The van der Waals surface area contributed by atoms with E-state index >= 15 is 0 Å². The van der Waals surface area contributed by atoms with Crippen molar-refractivity contribution < 1.29 is 0 Å². The Morgan fingerprint density at radius 3 is 2.75 bits per heavy atom. The molecule has 4 rings (SSSR count). The van der Waals surface area contributed by atoms with Crippen LogP contribution in [0.5, 0.6) is 0 Å². The topological polar surface area (TPSA) is 55.1 Å². The van der Waals surface area contributed by atoms with Gasteiger partial charge in [-0.25, -0.2) is 4.68 Å². The zero-order chi connectivity index (χ0) is 19.3. The molecule has 2 heterocycles. The molecule has 1 aliphatic rings. The Kier molecular flexibility index (Phi) is 6.20. The first-order valence-corrected chi connectivity index (χ1v) is 10.7. The molecule has 0 aliphatic carbocycles. The van der Waals surface area contributed by atoms with Crippen molar-refractivity contribution in [3.63, 3.8) is 0 Å². The summed E-state index contributed by atoms with van der Waals surface area (Å²) in [7, 11) is 0. The first-order chi connectivity index (χ1) is 13.7. The van der Waals surface area contributed by atoms with E-state index in [4.69, 9.17) is 23.2 Å². The number of aromatic nitrogens is 3. The molecule has 0 fully saturated rings. The molecule has 1 aromatic heterocycles. The number of rotatable bonds is 6. The van der Waals surface area contributed by atoms with Crippen LogP contribution in [0.15, 0.2) is 59.7 Å². The Bertz CT molecular complexity index is 974. The number of hydrogen-bond donors (Lipinski definition) is 1. The van der Waals surface area contributed by atoms with Crippen LogP contribution in [0.3, 0.4) is 0 Å². The summed E-state index contributed by atoms with van der Waals surface area (Å²) in [6.07, 6.45) is 2.61. The third-order valence-electron chi connectivity index (χ3n) is 4.43. The lowest BCUT2D eigenvalue weighted by Crippen LogP contribution is -2.27. The van der Waals surface area contributed by atoms with Crippen molar-refractivity contribution >= 4 is 40.1 Å². The monoisotopic (exact) mass is 431 g/mol. The van der Waals surface area contributed by atoms with Gasteiger partial charge >= 0.3 is 0 Å². The molecule has 2 aromatic carbocycles. The van der Waals surface area contributed by atoms with Gasteiger partial charge in [-0.2, -0.15) is 0 Å². The van der Waals surface area contributed by atoms with Crippen LogP contribution in [-0.4, -0.2) is 32.5 Å². The van der Waals surface area contributed by atoms with Crippen LogP contribution in [0, 0.1) is 0 Å². The second kappa shape index (κ2) is 8.99. The van der Waals surface area contributed by atoms with Crippen LogP contribution in [0.4, 0.5) is 0 Å². The summed E-state index contributed by atoms with van der Waals surface area (Å²) in [5.74, 6) is 0.992. The Morgan fingerprint density at radius 2 is 1.96 bits per heavy atom. The van der Waals surface area contributed by atoms with Gasteiger partial charge < -0.3 is 5.32 Å². The fraction of sp³-hybridized carbons (Fsp3) is 0.250. The maximum absolute atomic E-state index is 6.49. The zero-order valence-electron chi connectivity index (χ0n) is 15.1. The van der Waals surface area contributed by atoms with E-state index in [2.05, 4.69) is 32.8 Å². The quantitative estimate of drug-likeness (QED) is 0.618. The van der Waals surface area contributed by atoms with Crippen molar-refractivity contribution in [2.75, 3.05) is 12.3 Å². The largest absolute Gasteiger partial charge is 0.358 e. The Hall–Kier alpha value is -2.02. The minimum atomic E-state index is -0.0857. The summed E-state index contributed by atoms with van der Waals surface area (Å²) in [6.45, 7) is 1.52. The molecule has 0 radical (unpaired) electrons. The third-order valence-corrected chi connectivity index (χ3v) is 6.17. The average molecular weight is 432 g/mol.